The molecule has 1 saturated heterocycles. The molecule has 122 valence electrons. The van der Waals surface area contributed by atoms with Gasteiger partial charge in [0.25, 0.3) is 0 Å². The minimum atomic E-state index is 0.0297. The Bertz CT molecular complexity index is 757. The minimum Gasteiger partial charge on any atom is -0.314 e. The molecule has 4 rings (SSSR count). The first-order chi connectivity index (χ1) is 11.9. The number of benzene rings is 2. The Hall–Kier alpha value is -2.43. The Balaban J connectivity index is 1.49. The van der Waals surface area contributed by atoms with Crippen molar-refractivity contribution in [2.24, 2.45) is 0 Å². The van der Waals surface area contributed by atoms with E-state index in [4.69, 9.17) is 0 Å². The molecule has 3 aromatic rings. The van der Waals surface area contributed by atoms with E-state index in [0.717, 1.165) is 31.7 Å². The molecule has 2 N–H and O–H groups in total. The van der Waals surface area contributed by atoms with Crippen molar-refractivity contribution in [1.29, 1.82) is 0 Å². The van der Waals surface area contributed by atoms with E-state index in [9.17, 15) is 0 Å². The molecule has 24 heavy (non-hydrogen) atoms. The predicted molar refractivity (Wildman–Crippen MR) is 96.0 cm³/mol. The van der Waals surface area contributed by atoms with E-state index >= 15 is 0 Å². The Labute approximate surface area is 142 Å². The number of hydrogen-bond acceptors (Lipinski definition) is 3. The largest absolute Gasteiger partial charge is 0.314 e. The molecule has 1 unspecified atom stereocenters. The predicted octanol–water partition coefficient (Wildman–Crippen LogP) is 2.85. The molecule has 0 saturated carbocycles. The fraction of sp³-hybridized carbons (Fsp3) is 0.250. The summed E-state index contributed by atoms with van der Waals surface area (Å²) in [5, 5.41) is 11.6. The van der Waals surface area contributed by atoms with E-state index in [2.05, 4.69) is 70.3 Å². The smallest absolute Gasteiger partial charge is 0.0645 e. The first kappa shape index (κ1) is 15.1. The molecule has 1 aromatic heterocycles. The van der Waals surface area contributed by atoms with Gasteiger partial charge in [0.1, 0.15) is 0 Å². The van der Waals surface area contributed by atoms with E-state index in [0.29, 0.717) is 0 Å². The lowest BCUT2D eigenvalue weighted by Crippen LogP contribution is -2.43. The highest BCUT2D eigenvalue weighted by atomic mass is 15.3. The van der Waals surface area contributed by atoms with Crippen molar-refractivity contribution < 1.29 is 0 Å². The maximum Gasteiger partial charge on any atom is 0.0645 e. The van der Waals surface area contributed by atoms with Crippen LogP contribution in [0, 0.1) is 0 Å². The summed E-state index contributed by atoms with van der Waals surface area (Å²) in [6, 6.07) is 21.3. The zero-order chi connectivity index (χ0) is 16.2. The highest BCUT2D eigenvalue weighted by Crippen LogP contribution is 2.28. The van der Waals surface area contributed by atoms with E-state index < -0.39 is 0 Å². The van der Waals surface area contributed by atoms with Gasteiger partial charge < -0.3 is 10.6 Å². The van der Waals surface area contributed by atoms with E-state index in [1.807, 2.05) is 16.9 Å². The van der Waals surface area contributed by atoms with Crippen LogP contribution in [-0.2, 0) is 12.1 Å². The third-order valence-corrected chi connectivity index (χ3v) is 4.82. The van der Waals surface area contributed by atoms with Gasteiger partial charge >= 0.3 is 0 Å². The van der Waals surface area contributed by atoms with Gasteiger partial charge in [-0.1, -0.05) is 42.5 Å². The van der Waals surface area contributed by atoms with Gasteiger partial charge in [0.15, 0.2) is 0 Å². The van der Waals surface area contributed by atoms with Crippen LogP contribution in [0.4, 0.5) is 0 Å². The maximum atomic E-state index is 4.27. The second-order valence-corrected chi connectivity index (χ2v) is 6.35. The van der Waals surface area contributed by atoms with Crippen molar-refractivity contribution in [2.45, 2.75) is 18.5 Å². The van der Waals surface area contributed by atoms with Crippen molar-refractivity contribution in [2.75, 3.05) is 13.1 Å². The van der Waals surface area contributed by atoms with Gasteiger partial charge in [-0.3, -0.25) is 0 Å². The Kier molecular flexibility index (Phi) is 4.15. The molecule has 4 nitrogen and oxygen atoms in total. The monoisotopic (exact) mass is 318 g/mol. The maximum absolute atomic E-state index is 4.27. The Morgan fingerprint density at radius 2 is 1.88 bits per heavy atom. The van der Waals surface area contributed by atoms with Gasteiger partial charge in [0.05, 0.1) is 11.2 Å². The van der Waals surface area contributed by atoms with Crippen LogP contribution in [-0.4, -0.2) is 22.9 Å². The molecule has 2 heterocycles. The summed E-state index contributed by atoms with van der Waals surface area (Å²) < 4.78 is 1.88. The molecule has 0 spiro atoms. The number of rotatable bonds is 5. The molecule has 4 heteroatoms. The topological polar surface area (TPSA) is 41.9 Å². The van der Waals surface area contributed by atoms with Gasteiger partial charge in [0, 0.05) is 25.5 Å². The Morgan fingerprint density at radius 1 is 1.04 bits per heavy atom. The summed E-state index contributed by atoms with van der Waals surface area (Å²) in [5.41, 5.74) is 3.77. The van der Waals surface area contributed by atoms with Crippen LogP contribution in [0.15, 0.2) is 73.1 Å². The van der Waals surface area contributed by atoms with Crippen molar-refractivity contribution in [3.8, 4) is 5.69 Å². The lowest BCUT2D eigenvalue weighted by atomic mass is 9.88. The van der Waals surface area contributed by atoms with E-state index in [1.54, 1.807) is 6.20 Å². The average molecular weight is 318 g/mol. The number of hydrogen-bond donors (Lipinski definition) is 2. The summed E-state index contributed by atoms with van der Waals surface area (Å²) in [5.74, 6) is 0. The van der Waals surface area contributed by atoms with Crippen LogP contribution in [0.1, 0.15) is 17.5 Å². The molecule has 0 aliphatic carbocycles. The fourth-order valence-corrected chi connectivity index (χ4v) is 3.41. The second-order valence-electron chi connectivity index (χ2n) is 6.35. The van der Waals surface area contributed by atoms with Gasteiger partial charge in [-0.25, -0.2) is 4.68 Å². The molecule has 1 aliphatic rings. The van der Waals surface area contributed by atoms with E-state index in [-0.39, 0.29) is 5.54 Å². The van der Waals surface area contributed by atoms with Crippen LogP contribution in [0.25, 0.3) is 5.69 Å². The third-order valence-electron chi connectivity index (χ3n) is 4.82. The van der Waals surface area contributed by atoms with Crippen LogP contribution in [0.5, 0.6) is 0 Å². The first-order valence-electron chi connectivity index (χ1n) is 8.46. The Morgan fingerprint density at radius 3 is 2.54 bits per heavy atom. The summed E-state index contributed by atoms with van der Waals surface area (Å²) in [6.45, 7) is 2.89. The number of nitrogens with one attached hydrogen (secondary N) is 2. The van der Waals surface area contributed by atoms with Gasteiger partial charge in [-0.05, 0) is 42.3 Å². The number of nitrogens with zero attached hydrogens (tertiary/aromatic N) is 2. The molecular formula is C20H22N4. The molecule has 1 atom stereocenters. The number of aromatic nitrogens is 2. The fourth-order valence-electron chi connectivity index (χ4n) is 3.41. The highest BCUT2D eigenvalue weighted by Gasteiger charge is 2.34. The van der Waals surface area contributed by atoms with Crippen molar-refractivity contribution in [1.82, 2.24) is 20.4 Å². The lowest BCUT2D eigenvalue weighted by molar-refractivity contribution is 0.362. The minimum absolute atomic E-state index is 0.0297. The zero-order valence-electron chi connectivity index (χ0n) is 13.7. The lowest BCUT2D eigenvalue weighted by Gasteiger charge is -2.30. The van der Waals surface area contributed by atoms with Crippen LogP contribution in [0.2, 0.25) is 0 Å². The molecule has 0 amide bonds. The quantitative estimate of drug-likeness (QED) is 0.760. The van der Waals surface area contributed by atoms with Gasteiger partial charge in [-0.15, -0.1) is 0 Å². The third kappa shape index (κ3) is 2.98. The molecule has 2 aromatic carbocycles. The SMILES string of the molecule is c1ccc(C2(NCc3ccc(-n4cccn4)cc3)CCNC2)cc1. The molecule has 1 fully saturated rings. The van der Waals surface area contributed by atoms with Crippen molar-refractivity contribution in [3.63, 3.8) is 0 Å². The van der Waals surface area contributed by atoms with Gasteiger partial charge in [-0.2, -0.15) is 5.10 Å². The average Bonchev–Trinajstić information content (AvgIpc) is 3.34. The zero-order valence-corrected chi connectivity index (χ0v) is 13.7. The molecular weight excluding hydrogens is 296 g/mol. The summed E-state index contributed by atoms with van der Waals surface area (Å²) >= 11 is 0. The van der Waals surface area contributed by atoms with Crippen molar-refractivity contribution >= 4 is 0 Å². The molecule has 0 radical (unpaired) electrons. The van der Waals surface area contributed by atoms with Crippen LogP contribution >= 0.6 is 0 Å². The van der Waals surface area contributed by atoms with E-state index in [1.165, 1.54) is 11.1 Å². The second kappa shape index (κ2) is 6.59. The summed E-state index contributed by atoms with van der Waals surface area (Å²) in [6.07, 6.45) is 4.87. The van der Waals surface area contributed by atoms with Crippen molar-refractivity contribution in [3.05, 3.63) is 84.2 Å². The standard InChI is InChI=1S/C20H22N4/c1-2-5-18(6-3-1)20(11-13-21-16-20)22-15-17-7-9-19(10-8-17)24-14-4-12-23-24/h1-10,12,14,21-22H,11,13,15-16H2. The summed E-state index contributed by atoms with van der Waals surface area (Å²) in [7, 11) is 0. The normalized spacial score (nSPS) is 20.3. The highest BCUT2D eigenvalue weighted by molar-refractivity contribution is 5.34. The molecule has 1 aliphatic heterocycles. The van der Waals surface area contributed by atoms with Gasteiger partial charge in [0.2, 0.25) is 0 Å². The summed E-state index contributed by atoms with van der Waals surface area (Å²) in [4.78, 5) is 0. The van der Waals surface area contributed by atoms with Crippen LogP contribution < -0.4 is 10.6 Å². The van der Waals surface area contributed by atoms with Crippen LogP contribution in [0.3, 0.4) is 0 Å². The first-order valence-corrected chi connectivity index (χ1v) is 8.46. The molecule has 0 bridgehead atoms.